The van der Waals surface area contributed by atoms with Crippen molar-refractivity contribution in [2.75, 3.05) is 79.5 Å². The first kappa shape index (κ1) is 30.3. The maximum absolute atomic E-state index is 3.76. The van der Waals surface area contributed by atoms with Gasteiger partial charge in [0.15, 0.2) is 0 Å². The van der Waals surface area contributed by atoms with E-state index in [2.05, 4.69) is 122 Å². The van der Waals surface area contributed by atoms with Crippen LogP contribution in [0.4, 0.5) is 0 Å². The molecule has 8 nitrogen and oxygen atoms in total. The van der Waals surface area contributed by atoms with Crippen molar-refractivity contribution < 1.29 is 0 Å². The number of piperazine rings is 2. The summed E-state index contributed by atoms with van der Waals surface area (Å²) in [6, 6.07) is 14.5. The summed E-state index contributed by atoms with van der Waals surface area (Å²) in [5, 5.41) is 2.84. The molecule has 0 aliphatic carbocycles. The van der Waals surface area contributed by atoms with E-state index in [9.17, 15) is 0 Å². The lowest BCUT2D eigenvalue weighted by Crippen LogP contribution is -2.64. The fourth-order valence-corrected chi connectivity index (χ4v) is 10.4. The topological polar surface area (TPSA) is 51.0 Å². The van der Waals surface area contributed by atoms with Gasteiger partial charge < -0.3 is 19.8 Å². The van der Waals surface area contributed by atoms with E-state index in [1.54, 1.807) is 11.1 Å². The van der Waals surface area contributed by atoms with Gasteiger partial charge in [0.05, 0.1) is 24.4 Å². The summed E-state index contributed by atoms with van der Waals surface area (Å²) >= 11 is 7.21. The number of H-pyrrole nitrogens is 2. The van der Waals surface area contributed by atoms with Gasteiger partial charge in [-0.15, -0.1) is 0 Å². The molecule has 0 bridgehead atoms. The molecule has 0 saturated carbocycles. The highest BCUT2D eigenvalue weighted by Crippen LogP contribution is 2.43. The number of benzene rings is 2. The Kier molecular flexibility index (Phi) is 7.90. The Bertz CT molecular complexity index is 1640. The fraction of sp³-hybridized carbons (Fsp3) is 0.556. The van der Waals surface area contributed by atoms with Gasteiger partial charge >= 0.3 is 0 Å². The second kappa shape index (κ2) is 12.0. The summed E-state index contributed by atoms with van der Waals surface area (Å²) in [4.78, 5) is 23.4. The Morgan fingerprint density at radius 1 is 0.587 bits per heavy atom. The monoisotopic (exact) mass is 748 g/mol. The smallest absolute Gasteiger partial charge is 0.0759 e. The van der Waals surface area contributed by atoms with Crippen molar-refractivity contribution in [3.8, 4) is 0 Å². The molecule has 0 radical (unpaired) electrons. The average molecular weight is 751 g/mol. The lowest BCUT2D eigenvalue weighted by atomic mass is 9.92. The third-order valence-corrected chi connectivity index (χ3v) is 13.0. The molecule has 4 fully saturated rings. The van der Waals surface area contributed by atoms with Crippen LogP contribution in [0.15, 0.2) is 45.3 Å². The van der Waals surface area contributed by atoms with Crippen LogP contribution in [0.2, 0.25) is 0 Å². The number of nitrogens with one attached hydrogen (secondary N) is 2. The van der Waals surface area contributed by atoms with E-state index in [1.807, 2.05) is 0 Å². The first-order valence-electron chi connectivity index (χ1n) is 17.4. The SMILES string of the molecule is CN1CCN2CC[C@@H]3c4[nH]c5cc(Br)ccc5c4CCN3[C@@H]2C1.CN1CCN2CC[C@H]3c4[nH]c5cc(Br)ccc5c4CCN3[C@H]2C1. The second-order valence-corrected chi connectivity index (χ2v) is 16.4. The lowest BCUT2D eigenvalue weighted by molar-refractivity contribution is -0.0772. The number of nitrogens with zero attached hydrogens (tertiary/aromatic N) is 6. The molecule has 0 amide bonds. The molecule has 6 aliphatic heterocycles. The number of hydrogen-bond donors (Lipinski definition) is 2. The minimum absolute atomic E-state index is 0.567. The molecule has 0 spiro atoms. The summed E-state index contributed by atoms with van der Waals surface area (Å²) < 4.78 is 2.31. The average Bonchev–Trinajstić information content (AvgIpc) is 3.62. The second-order valence-electron chi connectivity index (χ2n) is 14.6. The molecule has 4 saturated heterocycles. The first-order valence-corrected chi connectivity index (χ1v) is 19.0. The molecular formula is C36H46Br2N8. The standard InChI is InChI=1S/2C18H23BrN4/c2*1-21-8-9-22-6-5-16-18-14(4-7-23(16)17(22)11-21)13-3-2-12(19)10-15(13)20-18/h2*2-3,10,16-17,20H,4-9,11H2,1H3/t2*16-,17-/m10/s1. The highest BCUT2D eigenvalue weighted by atomic mass is 79.9. The van der Waals surface area contributed by atoms with Gasteiger partial charge in [0, 0.05) is 108 Å². The van der Waals surface area contributed by atoms with Gasteiger partial charge in [-0.25, -0.2) is 0 Å². The van der Waals surface area contributed by atoms with Crippen LogP contribution in [-0.2, 0) is 12.8 Å². The number of halogens is 2. The number of rotatable bonds is 0. The zero-order chi connectivity index (χ0) is 31.1. The summed E-state index contributed by atoms with van der Waals surface area (Å²) in [5.74, 6) is 0. The summed E-state index contributed by atoms with van der Waals surface area (Å²) in [7, 11) is 4.52. The van der Waals surface area contributed by atoms with E-state index in [4.69, 9.17) is 0 Å². The predicted octanol–water partition coefficient (Wildman–Crippen LogP) is 5.61. The van der Waals surface area contributed by atoms with Crippen molar-refractivity contribution in [3.63, 3.8) is 0 Å². The molecule has 10 heteroatoms. The third kappa shape index (κ3) is 5.14. The summed E-state index contributed by atoms with van der Waals surface area (Å²) in [6.45, 7) is 12.1. The molecule has 2 aromatic heterocycles. The van der Waals surface area contributed by atoms with Crippen molar-refractivity contribution in [2.24, 2.45) is 0 Å². The minimum atomic E-state index is 0.567. The van der Waals surface area contributed by atoms with Gasteiger partial charge in [0.2, 0.25) is 0 Å². The number of hydrogen-bond acceptors (Lipinski definition) is 6. The van der Waals surface area contributed by atoms with E-state index in [0.717, 1.165) is 8.95 Å². The number of fused-ring (bicyclic) bond motifs is 14. The Morgan fingerprint density at radius 2 is 1.04 bits per heavy atom. The fourth-order valence-electron chi connectivity index (χ4n) is 9.66. The van der Waals surface area contributed by atoms with Crippen LogP contribution < -0.4 is 0 Å². The van der Waals surface area contributed by atoms with Gasteiger partial charge in [-0.2, -0.15) is 0 Å². The molecular weight excluding hydrogens is 704 g/mol. The maximum Gasteiger partial charge on any atom is 0.0759 e. The lowest BCUT2D eigenvalue weighted by Gasteiger charge is -2.53. The highest BCUT2D eigenvalue weighted by Gasteiger charge is 2.43. The van der Waals surface area contributed by atoms with Crippen molar-refractivity contribution in [1.82, 2.24) is 39.4 Å². The Balaban J connectivity index is 0.000000127. The zero-order valence-corrected chi connectivity index (χ0v) is 30.3. The molecule has 2 aromatic carbocycles. The zero-order valence-electron chi connectivity index (χ0n) is 27.1. The molecule has 10 rings (SSSR count). The van der Waals surface area contributed by atoms with E-state index >= 15 is 0 Å². The van der Waals surface area contributed by atoms with E-state index in [0.29, 0.717) is 24.4 Å². The molecule has 244 valence electrons. The summed E-state index contributed by atoms with van der Waals surface area (Å²) in [6.07, 6.45) is 6.03. The number of aromatic nitrogens is 2. The predicted molar refractivity (Wildman–Crippen MR) is 193 cm³/mol. The van der Waals surface area contributed by atoms with E-state index < -0.39 is 0 Å². The van der Waals surface area contributed by atoms with E-state index in [1.165, 1.54) is 124 Å². The Labute approximate surface area is 289 Å². The molecule has 4 aromatic rings. The number of aromatic amines is 2. The van der Waals surface area contributed by atoms with Gasteiger partial charge in [-0.3, -0.25) is 19.6 Å². The van der Waals surface area contributed by atoms with Gasteiger partial charge in [0.25, 0.3) is 0 Å². The van der Waals surface area contributed by atoms with Gasteiger partial charge in [-0.1, -0.05) is 44.0 Å². The van der Waals surface area contributed by atoms with Crippen molar-refractivity contribution >= 4 is 53.7 Å². The van der Waals surface area contributed by atoms with Gasteiger partial charge in [0.1, 0.15) is 0 Å². The largest absolute Gasteiger partial charge is 0.357 e. The molecule has 6 aliphatic rings. The quantitative estimate of drug-likeness (QED) is 0.244. The van der Waals surface area contributed by atoms with Crippen molar-refractivity contribution in [2.45, 2.75) is 50.1 Å². The van der Waals surface area contributed by atoms with Crippen molar-refractivity contribution in [1.29, 1.82) is 0 Å². The molecule has 0 unspecified atom stereocenters. The van der Waals surface area contributed by atoms with Crippen LogP contribution >= 0.6 is 31.9 Å². The summed E-state index contributed by atoms with van der Waals surface area (Å²) in [5.41, 5.74) is 8.66. The molecule has 8 heterocycles. The van der Waals surface area contributed by atoms with Crippen LogP contribution in [0.25, 0.3) is 21.8 Å². The van der Waals surface area contributed by atoms with Crippen LogP contribution in [0.5, 0.6) is 0 Å². The maximum atomic E-state index is 3.76. The van der Waals surface area contributed by atoms with Gasteiger partial charge in [-0.05, 0) is 75.2 Å². The van der Waals surface area contributed by atoms with Crippen LogP contribution in [-0.4, -0.2) is 131 Å². The molecule has 2 N–H and O–H groups in total. The third-order valence-electron chi connectivity index (χ3n) is 12.0. The van der Waals surface area contributed by atoms with Crippen LogP contribution in [0.3, 0.4) is 0 Å². The number of likely N-dealkylation sites (N-methyl/N-ethyl adjacent to an activating group) is 2. The Morgan fingerprint density at radius 3 is 1.50 bits per heavy atom. The molecule has 46 heavy (non-hydrogen) atoms. The Hall–Kier alpha value is -1.76. The minimum Gasteiger partial charge on any atom is -0.357 e. The van der Waals surface area contributed by atoms with Crippen LogP contribution in [0.1, 0.15) is 47.4 Å². The normalized spacial score (nSPS) is 29.3. The van der Waals surface area contributed by atoms with Crippen molar-refractivity contribution in [3.05, 3.63) is 67.9 Å². The van der Waals surface area contributed by atoms with E-state index in [-0.39, 0.29) is 0 Å². The molecule has 4 atom stereocenters. The highest BCUT2D eigenvalue weighted by molar-refractivity contribution is 9.10. The van der Waals surface area contributed by atoms with Crippen LogP contribution in [0, 0.1) is 0 Å². The first-order chi connectivity index (χ1) is 22.4.